The number of hydrogen-bond donors (Lipinski definition) is 2. The van der Waals surface area contributed by atoms with E-state index < -0.39 is 0 Å². The van der Waals surface area contributed by atoms with Gasteiger partial charge in [0.25, 0.3) is 0 Å². The Labute approximate surface area is 114 Å². The lowest BCUT2D eigenvalue weighted by Crippen LogP contribution is -2.29. The van der Waals surface area contributed by atoms with E-state index in [9.17, 15) is 0 Å². The van der Waals surface area contributed by atoms with E-state index in [4.69, 9.17) is 0 Å². The van der Waals surface area contributed by atoms with Crippen LogP contribution in [0.5, 0.6) is 0 Å². The van der Waals surface area contributed by atoms with Crippen LogP contribution in [0.4, 0.5) is 5.82 Å². The second-order valence-electron chi connectivity index (χ2n) is 5.77. The van der Waals surface area contributed by atoms with E-state index in [0.717, 1.165) is 31.1 Å². The molecule has 3 heterocycles. The average Bonchev–Trinajstić information content (AvgIpc) is 3.08. The van der Waals surface area contributed by atoms with E-state index in [2.05, 4.69) is 44.9 Å². The maximum absolute atomic E-state index is 4.38. The lowest BCUT2D eigenvalue weighted by Gasteiger charge is -2.13. The zero-order valence-corrected chi connectivity index (χ0v) is 11.6. The number of nitrogens with one attached hydrogen (secondary N) is 2. The van der Waals surface area contributed by atoms with Crippen LogP contribution in [0.15, 0.2) is 12.1 Å². The summed E-state index contributed by atoms with van der Waals surface area (Å²) in [7, 11) is 2.16. The minimum Gasteiger partial charge on any atom is -0.367 e. The molecular formula is C14H23N5. The van der Waals surface area contributed by atoms with Gasteiger partial charge in [0.15, 0.2) is 0 Å². The van der Waals surface area contributed by atoms with Gasteiger partial charge < -0.3 is 15.5 Å². The number of likely N-dealkylation sites (N-methyl/N-ethyl adjacent to an activating group) is 1. The molecule has 0 bridgehead atoms. The number of anilines is 1. The first kappa shape index (κ1) is 12.8. The van der Waals surface area contributed by atoms with Crippen molar-refractivity contribution in [2.45, 2.75) is 31.2 Å². The summed E-state index contributed by atoms with van der Waals surface area (Å²) in [4.78, 5) is 2.35. The molecule has 0 amide bonds. The molecule has 2 aliphatic heterocycles. The minimum absolute atomic E-state index is 0.558. The van der Waals surface area contributed by atoms with Crippen LogP contribution >= 0.6 is 0 Å². The van der Waals surface area contributed by atoms with Crippen LogP contribution in [0, 0.1) is 0 Å². The number of nitrogens with zero attached hydrogens (tertiary/aromatic N) is 3. The topological polar surface area (TPSA) is 53.1 Å². The summed E-state index contributed by atoms with van der Waals surface area (Å²) >= 11 is 0. The summed E-state index contributed by atoms with van der Waals surface area (Å²) in [6.07, 6.45) is 3.74. The number of rotatable bonds is 4. The van der Waals surface area contributed by atoms with Gasteiger partial charge in [0.2, 0.25) is 0 Å². The molecule has 3 rings (SSSR count). The number of aromatic nitrogens is 2. The average molecular weight is 261 g/mol. The van der Waals surface area contributed by atoms with Gasteiger partial charge in [-0.25, -0.2) is 0 Å². The fourth-order valence-corrected chi connectivity index (χ4v) is 2.99. The number of hydrogen-bond acceptors (Lipinski definition) is 5. The molecule has 5 heteroatoms. The Balaban J connectivity index is 1.53. The van der Waals surface area contributed by atoms with Gasteiger partial charge in [0, 0.05) is 25.0 Å². The Morgan fingerprint density at radius 1 is 1.37 bits per heavy atom. The summed E-state index contributed by atoms with van der Waals surface area (Å²) < 4.78 is 0. The Bertz CT molecular complexity index is 399. The van der Waals surface area contributed by atoms with Crippen LogP contribution in [-0.4, -0.2) is 54.4 Å². The highest BCUT2D eigenvalue weighted by Gasteiger charge is 2.22. The van der Waals surface area contributed by atoms with Gasteiger partial charge in [-0.15, -0.1) is 5.10 Å². The maximum Gasteiger partial charge on any atom is 0.148 e. The van der Waals surface area contributed by atoms with Crippen molar-refractivity contribution >= 4 is 5.82 Å². The van der Waals surface area contributed by atoms with Gasteiger partial charge in [0.1, 0.15) is 5.82 Å². The van der Waals surface area contributed by atoms with Gasteiger partial charge in [-0.05, 0) is 51.5 Å². The van der Waals surface area contributed by atoms with Gasteiger partial charge in [0.05, 0.1) is 5.69 Å². The molecule has 19 heavy (non-hydrogen) atoms. The summed E-state index contributed by atoms with van der Waals surface area (Å²) in [6, 6.07) is 4.78. The van der Waals surface area contributed by atoms with Crippen molar-refractivity contribution in [2.75, 3.05) is 38.5 Å². The molecule has 0 spiro atoms. The van der Waals surface area contributed by atoms with Crippen molar-refractivity contribution in [3.05, 3.63) is 17.8 Å². The molecule has 0 aliphatic carbocycles. The van der Waals surface area contributed by atoms with Crippen molar-refractivity contribution in [1.82, 2.24) is 20.4 Å². The first-order valence-corrected chi connectivity index (χ1v) is 7.31. The first-order valence-electron chi connectivity index (χ1n) is 7.31. The van der Waals surface area contributed by atoms with Crippen LogP contribution in [0.2, 0.25) is 0 Å². The zero-order valence-electron chi connectivity index (χ0n) is 11.6. The normalized spacial score (nSPS) is 27.8. The van der Waals surface area contributed by atoms with Crippen LogP contribution < -0.4 is 10.6 Å². The highest BCUT2D eigenvalue weighted by molar-refractivity contribution is 5.34. The molecular weight excluding hydrogens is 238 g/mol. The van der Waals surface area contributed by atoms with E-state index in [1.165, 1.54) is 25.8 Å². The van der Waals surface area contributed by atoms with Crippen molar-refractivity contribution in [1.29, 1.82) is 0 Å². The Morgan fingerprint density at radius 3 is 2.95 bits per heavy atom. The quantitative estimate of drug-likeness (QED) is 0.849. The summed E-state index contributed by atoms with van der Waals surface area (Å²) in [5, 5.41) is 15.5. The Morgan fingerprint density at radius 2 is 2.32 bits per heavy atom. The third kappa shape index (κ3) is 3.22. The van der Waals surface area contributed by atoms with Crippen molar-refractivity contribution in [3.8, 4) is 0 Å². The van der Waals surface area contributed by atoms with E-state index in [-0.39, 0.29) is 0 Å². The molecule has 0 aromatic carbocycles. The third-order valence-corrected chi connectivity index (χ3v) is 4.19. The summed E-state index contributed by atoms with van der Waals surface area (Å²) in [5.41, 5.74) is 1.13. The van der Waals surface area contributed by atoms with Crippen LogP contribution in [0.25, 0.3) is 0 Å². The summed E-state index contributed by atoms with van der Waals surface area (Å²) in [5.74, 6) is 1.45. The fourth-order valence-electron chi connectivity index (χ4n) is 2.99. The lowest BCUT2D eigenvalue weighted by molar-refractivity contribution is 0.410. The molecule has 0 radical (unpaired) electrons. The van der Waals surface area contributed by atoms with E-state index in [0.29, 0.717) is 12.0 Å². The molecule has 1 aromatic rings. The molecule has 0 saturated carbocycles. The molecule has 2 aliphatic rings. The van der Waals surface area contributed by atoms with Gasteiger partial charge >= 0.3 is 0 Å². The van der Waals surface area contributed by atoms with Gasteiger partial charge in [-0.2, -0.15) is 5.10 Å². The van der Waals surface area contributed by atoms with Crippen molar-refractivity contribution < 1.29 is 0 Å². The van der Waals surface area contributed by atoms with E-state index in [1.807, 2.05) is 0 Å². The molecule has 2 unspecified atom stereocenters. The Kier molecular flexibility index (Phi) is 3.94. The van der Waals surface area contributed by atoms with E-state index >= 15 is 0 Å². The molecule has 5 nitrogen and oxygen atoms in total. The molecule has 2 atom stereocenters. The standard InChI is InChI=1S/C14H23N5/c1-19-8-6-11(10-19)13-4-5-14(18-17-13)16-9-12-3-2-7-15-12/h4-5,11-12,15H,2-3,6-10H2,1H3,(H,16,18). The highest BCUT2D eigenvalue weighted by Crippen LogP contribution is 2.24. The minimum atomic E-state index is 0.558. The predicted octanol–water partition coefficient (Wildman–Crippen LogP) is 1.06. The van der Waals surface area contributed by atoms with Crippen molar-refractivity contribution in [3.63, 3.8) is 0 Å². The smallest absolute Gasteiger partial charge is 0.148 e. The number of likely N-dealkylation sites (tertiary alicyclic amines) is 1. The second kappa shape index (κ2) is 5.84. The molecule has 2 N–H and O–H groups in total. The molecule has 2 fully saturated rings. The van der Waals surface area contributed by atoms with Gasteiger partial charge in [-0.1, -0.05) is 0 Å². The lowest BCUT2D eigenvalue weighted by atomic mass is 10.1. The predicted molar refractivity (Wildman–Crippen MR) is 76.4 cm³/mol. The summed E-state index contributed by atoms with van der Waals surface area (Å²) in [6.45, 7) is 4.36. The zero-order chi connectivity index (χ0) is 13.1. The van der Waals surface area contributed by atoms with Gasteiger partial charge in [-0.3, -0.25) is 0 Å². The maximum atomic E-state index is 4.38. The van der Waals surface area contributed by atoms with Crippen LogP contribution in [0.1, 0.15) is 30.9 Å². The SMILES string of the molecule is CN1CCC(c2ccc(NCC3CCCN3)nn2)C1. The van der Waals surface area contributed by atoms with Crippen molar-refractivity contribution in [2.24, 2.45) is 0 Å². The third-order valence-electron chi connectivity index (χ3n) is 4.19. The first-order chi connectivity index (χ1) is 9.31. The fraction of sp³-hybridized carbons (Fsp3) is 0.714. The van der Waals surface area contributed by atoms with E-state index in [1.54, 1.807) is 0 Å². The monoisotopic (exact) mass is 261 g/mol. The highest BCUT2D eigenvalue weighted by atomic mass is 15.2. The largest absolute Gasteiger partial charge is 0.367 e. The molecule has 104 valence electrons. The van der Waals surface area contributed by atoms with Crippen LogP contribution in [0.3, 0.4) is 0 Å². The molecule has 2 saturated heterocycles. The Hall–Kier alpha value is -1.20. The van der Waals surface area contributed by atoms with Crippen LogP contribution in [-0.2, 0) is 0 Å². The molecule has 1 aromatic heterocycles. The second-order valence-corrected chi connectivity index (χ2v) is 5.77.